The molecule has 2 heterocycles. The molecule has 5 nitrogen and oxygen atoms in total. The van der Waals surface area contributed by atoms with Crippen LogP contribution in [-0.4, -0.2) is 34.6 Å². The number of aromatic nitrogens is 1. The lowest BCUT2D eigenvalue weighted by Crippen LogP contribution is -2.39. The molecule has 1 fully saturated rings. The van der Waals surface area contributed by atoms with Gasteiger partial charge in [0.25, 0.3) is 5.91 Å². The topological polar surface area (TPSA) is 62.7 Å². The Hall–Kier alpha value is -2.40. The van der Waals surface area contributed by atoms with Crippen LogP contribution in [0.1, 0.15) is 46.9 Å². The maximum Gasteiger partial charge on any atom is 0.272 e. The third-order valence-electron chi connectivity index (χ3n) is 4.47. The molecular formula is C19H22N2O3. The number of aliphatic hydroxyl groups is 1. The fourth-order valence-electron chi connectivity index (χ4n) is 3.21. The highest BCUT2D eigenvalue weighted by Gasteiger charge is 2.29. The molecule has 1 aromatic carbocycles. The van der Waals surface area contributed by atoms with E-state index in [1.807, 2.05) is 29.2 Å². The monoisotopic (exact) mass is 326 g/mol. The second-order valence-corrected chi connectivity index (χ2v) is 5.99. The SMILES string of the molecule is COc1cccc([C@H]2CCCCN2C(=O)c2cc(CO)ccn2)c1. The number of hydrogen-bond donors (Lipinski definition) is 1. The standard InChI is InChI=1S/C19H22N2O3/c1-24-16-6-4-5-15(12-16)18-7-2-3-10-21(18)19(23)17-11-14(13-22)8-9-20-17/h4-6,8-9,11-12,18,22H,2-3,7,10,13H2,1H3/t18-/m1/s1. The molecule has 24 heavy (non-hydrogen) atoms. The number of benzene rings is 1. The van der Waals surface area contributed by atoms with Gasteiger partial charge < -0.3 is 14.7 Å². The van der Waals surface area contributed by atoms with Crippen LogP contribution in [0.3, 0.4) is 0 Å². The number of ether oxygens (including phenoxy) is 1. The van der Waals surface area contributed by atoms with Gasteiger partial charge in [0.1, 0.15) is 11.4 Å². The zero-order chi connectivity index (χ0) is 16.9. The van der Waals surface area contributed by atoms with Gasteiger partial charge in [-0.15, -0.1) is 0 Å². The Morgan fingerprint density at radius 3 is 3.00 bits per heavy atom. The molecule has 0 aliphatic carbocycles. The highest BCUT2D eigenvalue weighted by molar-refractivity contribution is 5.92. The van der Waals surface area contributed by atoms with E-state index in [1.165, 1.54) is 0 Å². The first-order chi connectivity index (χ1) is 11.7. The summed E-state index contributed by atoms with van der Waals surface area (Å²) in [4.78, 5) is 19.0. The summed E-state index contributed by atoms with van der Waals surface area (Å²) in [5.41, 5.74) is 2.17. The average Bonchev–Trinajstić information content (AvgIpc) is 2.67. The van der Waals surface area contributed by atoms with Crippen molar-refractivity contribution in [3.8, 4) is 5.75 Å². The fourth-order valence-corrected chi connectivity index (χ4v) is 3.21. The number of likely N-dealkylation sites (tertiary alicyclic amines) is 1. The molecule has 1 atom stereocenters. The van der Waals surface area contributed by atoms with Crippen molar-refractivity contribution in [3.63, 3.8) is 0 Å². The Morgan fingerprint density at radius 2 is 2.21 bits per heavy atom. The number of hydrogen-bond acceptors (Lipinski definition) is 4. The molecule has 1 aliphatic rings. The van der Waals surface area contributed by atoms with Crippen LogP contribution in [0.2, 0.25) is 0 Å². The number of pyridine rings is 1. The van der Waals surface area contributed by atoms with Gasteiger partial charge in [-0.25, -0.2) is 0 Å². The minimum atomic E-state index is -0.0951. The number of amides is 1. The molecule has 1 amide bonds. The summed E-state index contributed by atoms with van der Waals surface area (Å²) < 4.78 is 5.31. The first-order valence-electron chi connectivity index (χ1n) is 8.23. The van der Waals surface area contributed by atoms with Gasteiger partial charge in [-0.05, 0) is 54.7 Å². The lowest BCUT2D eigenvalue weighted by molar-refractivity contribution is 0.0605. The van der Waals surface area contributed by atoms with Crippen molar-refractivity contribution < 1.29 is 14.6 Å². The summed E-state index contributed by atoms with van der Waals surface area (Å²) in [6, 6.07) is 11.3. The van der Waals surface area contributed by atoms with Crippen LogP contribution in [0.5, 0.6) is 5.75 Å². The second kappa shape index (κ2) is 7.45. The van der Waals surface area contributed by atoms with Crippen LogP contribution in [0.4, 0.5) is 0 Å². The second-order valence-electron chi connectivity index (χ2n) is 5.99. The van der Waals surface area contributed by atoms with Gasteiger partial charge in [-0.3, -0.25) is 9.78 Å². The molecule has 0 radical (unpaired) electrons. The van der Waals surface area contributed by atoms with E-state index < -0.39 is 0 Å². The van der Waals surface area contributed by atoms with Crippen molar-refractivity contribution in [2.45, 2.75) is 31.9 Å². The van der Waals surface area contributed by atoms with Crippen LogP contribution in [-0.2, 0) is 6.61 Å². The van der Waals surface area contributed by atoms with E-state index in [2.05, 4.69) is 4.98 Å². The third kappa shape index (κ3) is 3.41. The van der Waals surface area contributed by atoms with Crippen LogP contribution in [0, 0.1) is 0 Å². The Labute approximate surface area is 141 Å². The molecule has 0 spiro atoms. The molecule has 1 aromatic heterocycles. The minimum absolute atomic E-state index is 0.0286. The van der Waals surface area contributed by atoms with E-state index in [0.29, 0.717) is 17.8 Å². The van der Waals surface area contributed by atoms with Crippen molar-refractivity contribution in [1.29, 1.82) is 0 Å². The quantitative estimate of drug-likeness (QED) is 0.938. The van der Waals surface area contributed by atoms with E-state index >= 15 is 0 Å². The lowest BCUT2D eigenvalue weighted by atomic mass is 9.94. The van der Waals surface area contributed by atoms with E-state index in [-0.39, 0.29) is 18.6 Å². The van der Waals surface area contributed by atoms with Crippen LogP contribution in [0.15, 0.2) is 42.6 Å². The zero-order valence-electron chi connectivity index (χ0n) is 13.8. The third-order valence-corrected chi connectivity index (χ3v) is 4.47. The molecule has 1 saturated heterocycles. The number of carbonyl (C=O) groups excluding carboxylic acids is 1. The molecule has 5 heteroatoms. The van der Waals surface area contributed by atoms with E-state index in [9.17, 15) is 9.90 Å². The largest absolute Gasteiger partial charge is 0.497 e. The summed E-state index contributed by atoms with van der Waals surface area (Å²) in [7, 11) is 1.65. The predicted octanol–water partition coefficient (Wildman–Crippen LogP) is 2.95. The number of aliphatic hydroxyl groups excluding tert-OH is 1. The fraction of sp³-hybridized carbons (Fsp3) is 0.368. The summed E-state index contributed by atoms with van der Waals surface area (Å²) in [5, 5.41) is 9.28. The Kier molecular flexibility index (Phi) is 5.11. The average molecular weight is 326 g/mol. The van der Waals surface area contributed by atoms with Gasteiger partial charge >= 0.3 is 0 Å². The molecular weight excluding hydrogens is 304 g/mol. The Bertz CT molecular complexity index is 717. The lowest BCUT2D eigenvalue weighted by Gasteiger charge is -2.36. The highest BCUT2D eigenvalue weighted by Crippen LogP contribution is 2.33. The van der Waals surface area contributed by atoms with Gasteiger partial charge in [0, 0.05) is 12.7 Å². The maximum absolute atomic E-state index is 13.0. The molecule has 1 aliphatic heterocycles. The van der Waals surface area contributed by atoms with Crippen LogP contribution >= 0.6 is 0 Å². The summed E-state index contributed by atoms with van der Waals surface area (Å²) in [5.74, 6) is 0.712. The van der Waals surface area contributed by atoms with Gasteiger partial charge in [0.2, 0.25) is 0 Å². The van der Waals surface area contributed by atoms with Crippen molar-refractivity contribution in [2.24, 2.45) is 0 Å². The van der Waals surface area contributed by atoms with Gasteiger partial charge in [0.15, 0.2) is 0 Å². The number of methoxy groups -OCH3 is 1. The first kappa shape index (κ1) is 16.5. The maximum atomic E-state index is 13.0. The molecule has 0 bridgehead atoms. The molecule has 126 valence electrons. The predicted molar refractivity (Wildman–Crippen MR) is 90.8 cm³/mol. The summed E-state index contributed by atoms with van der Waals surface area (Å²) >= 11 is 0. The molecule has 0 unspecified atom stereocenters. The van der Waals surface area contributed by atoms with Crippen molar-refractivity contribution >= 4 is 5.91 Å². The van der Waals surface area contributed by atoms with Gasteiger partial charge in [0.05, 0.1) is 19.8 Å². The number of rotatable bonds is 4. The van der Waals surface area contributed by atoms with Crippen LogP contribution in [0.25, 0.3) is 0 Å². The van der Waals surface area contributed by atoms with Gasteiger partial charge in [-0.1, -0.05) is 12.1 Å². The molecule has 1 N–H and O–H groups in total. The van der Waals surface area contributed by atoms with Crippen LogP contribution < -0.4 is 4.74 Å². The summed E-state index contributed by atoms with van der Waals surface area (Å²) in [6.07, 6.45) is 4.59. The van der Waals surface area contributed by atoms with E-state index in [1.54, 1.807) is 25.4 Å². The van der Waals surface area contributed by atoms with Crippen molar-refractivity contribution in [3.05, 3.63) is 59.4 Å². The smallest absolute Gasteiger partial charge is 0.272 e. The van der Waals surface area contributed by atoms with E-state index in [4.69, 9.17) is 4.74 Å². The molecule has 2 aromatic rings. The normalized spacial score (nSPS) is 17.6. The number of carbonyl (C=O) groups is 1. The molecule has 3 rings (SSSR count). The number of nitrogens with zero attached hydrogens (tertiary/aromatic N) is 2. The van der Waals surface area contributed by atoms with Gasteiger partial charge in [-0.2, -0.15) is 0 Å². The highest BCUT2D eigenvalue weighted by atomic mass is 16.5. The minimum Gasteiger partial charge on any atom is -0.497 e. The number of piperidine rings is 1. The van der Waals surface area contributed by atoms with Crippen molar-refractivity contribution in [1.82, 2.24) is 9.88 Å². The summed E-state index contributed by atoms with van der Waals surface area (Å²) in [6.45, 7) is 0.619. The van der Waals surface area contributed by atoms with Crippen molar-refractivity contribution in [2.75, 3.05) is 13.7 Å². The van der Waals surface area contributed by atoms with E-state index in [0.717, 1.165) is 30.6 Å². The zero-order valence-corrected chi connectivity index (χ0v) is 13.8. The molecule has 0 saturated carbocycles. The Balaban J connectivity index is 1.89. The first-order valence-corrected chi connectivity index (χ1v) is 8.23. The Morgan fingerprint density at radius 1 is 1.33 bits per heavy atom.